The molecule has 1 saturated heterocycles. The summed E-state index contributed by atoms with van der Waals surface area (Å²) >= 11 is 0. The van der Waals surface area contributed by atoms with Gasteiger partial charge >= 0.3 is 6.03 Å². The van der Waals surface area contributed by atoms with Gasteiger partial charge in [0, 0.05) is 11.3 Å². The number of amides is 3. The van der Waals surface area contributed by atoms with Crippen molar-refractivity contribution < 1.29 is 19.1 Å². The molecule has 3 atom stereocenters. The first-order chi connectivity index (χ1) is 17.2. The Balaban J connectivity index is 1.66. The fourth-order valence-electron chi connectivity index (χ4n) is 5.38. The first kappa shape index (κ1) is 23.7. The molecule has 186 valence electrons. The minimum absolute atomic E-state index is 0.236. The van der Waals surface area contributed by atoms with Crippen molar-refractivity contribution in [3.63, 3.8) is 0 Å². The monoisotopic (exact) mass is 485 g/mol. The Morgan fingerprint density at radius 2 is 1.86 bits per heavy atom. The van der Waals surface area contributed by atoms with E-state index >= 15 is 0 Å². The lowest BCUT2D eigenvalue weighted by Gasteiger charge is -2.55. The minimum Gasteiger partial charge on any atom is -0.490 e. The average Bonchev–Trinajstić information content (AvgIpc) is 2.82. The first-order valence-electron chi connectivity index (χ1n) is 12.2. The second-order valence-corrected chi connectivity index (χ2v) is 9.60. The van der Waals surface area contributed by atoms with E-state index < -0.39 is 17.7 Å². The van der Waals surface area contributed by atoms with Crippen molar-refractivity contribution in [3.05, 3.63) is 82.9 Å². The number of hydrogen-bond acceptors (Lipinski definition) is 4. The molecule has 5 rings (SSSR count). The predicted octanol–water partition coefficient (Wildman–Crippen LogP) is 5.64. The molecule has 0 aliphatic carbocycles. The number of rotatable bonds is 5. The number of carbonyl (C=O) groups is 2. The Kier molecular flexibility index (Phi) is 5.86. The number of aryl methyl sites for hydroxylation is 3. The molecule has 2 N–H and O–H groups in total. The van der Waals surface area contributed by atoms with Crippen molar-refractivity contribution >= 4 is 23.3 Å². The summed E-state index contributed by atoms with van der Waals surface area (Å²) in [5.74, 6) is 0.140. The normalized spacial score (nSPS) is 22.2. The summed E-state index contributed by atoms with van der Waals surface area (Å²) in [7, 11) is 0. The van der Waals surface area contributed by atoms with Crippen molar-refractivity contribution in [2.45, 2.75) is 46.4 Å². The number of ether oxygens (including phenoxy) is 2. The van der Waals surface area contributed by atoms with Gasteiger partial charge in [-0.25, -0.2) is 4.79 Å². The zero-order valence-electron chi connectivity index (χ0n) is 21.2. The fraction of sp³-hybridized carbons (Fsp3) is 0.310. The van der Waals surface area contributed by atoms with Crippen molar-refractivity contribution in [3.8, 4) is 11.5 Å². The molecular formula is C29H31N3O4. The Morgan fingerprint density at radius 3 is 2.58 bits per heavy atom. The molecule has 0 radical (unpaired) electrons. The molecule has 2 aliphatic rings. The van der Waals surface area contributed by atoms with Gasteiger partial charge in [0.1, 0.15) is 5.92 Å². The third kappa shape index (κ3) is 3.75. The number of fused-ring (bicyclic) bond motifs is 4. The third-order valence-corrected chi connectivity index (χ3v) is 7.07. The third-order valence-electron chi connectivity index (χ3n) is 7.07. The molecule has 2 aliphatic heterocycles. The van der Waals surface area contributed by atoms with Crippen LogP contribution in [0.4, 0.5) is 16.2 Å². The molecule has 0 unspecified atom stereocenters. The lowest BCUT2D eigenvalue weighted by molar-refractivity contribution is -0.131. The maximum absolute atomic E-state index is 14.0. The second-order valence-electron chi connectivity index (χ2n) is 9.60. The Morgan fingerprint density at radius 1 is 1.08 bits per heavy atom. The lowest BCUT2D eigenvalue weighted by atomic mass is 9.78. The first-order valence-corrected chi connectivity index (χ1v) is 12.2. The molecular weight excluding hydrogens is 454 g/mol. The molecule has 3 aromatic carbocycles. The van der Waals surface area contributed by atoms with Crippen LogP contribution >= 0.6 is 0 Å². The minimum atomic E-state index is -1.32. The Labute approximate surface area is 211 Å². The van der Waals surface area contributed by atoms with E-state index in [0.29, 0.717) is 23.8 Å². The van der Waals surface area contributed by atoms with Crippen LogP contribution in [0.15, 0.2) is 60.7 Å². The van der Waals surface area contributed by atoms with E-state index in [2.05, 4.69) is 10.6 Å². The van der Waals surface area contributed by atoms with Gasteiger partial charge in [-0.1, -0.05) is 48.0 Å². The second kappa shape index (κ2) is 8.90. The van der Waals surface area contributed by atoms with Crippen LogP contribution in [0.1, 0.15) is 42.1 Å². The number of hydrogen-bond donors (Lipinski definition) is 2. The van der Waals surface area contributed by atoms with Crippen molar-refractivity contribution in [2.24, 2.45) is 5.92 Å². The SMILES string of the molecule is CCOc1cccc2c1O[C@@]1(C)[C@H](C(=O)Nc3ccc(C)cc3C)[C@H]2NC(=O)N1c1ccccc1C. The molecule has 2 bridgehead atoms. The fourth-order valence-corrected chi connectivity index (χ4v) is 5.38. The molecule has 0 saturated carbocycles. The highest BCUT2D eigenvalue weighted by atomic mass is 16.5. The number of urea groups is 1. The summed E-state index contributed by atoms with van der Waals surface area (Å²) in [6.07, 6.45) is 0. The Hall–Kier alpha value is -4.00. The summed E-state index contributed by atoms with van der Waals surface area (Å²) in [6, 6.07) is 18.2. The summed E-state index contributed by atoms with van der Waals surface area (Å²) in [5, 5.41) is 6.21. The topological polar surface area (TPSA) is 79.9 Å². The van der Waals surface area contributed by atoms with Crippen LogP contribution in [0.2, 0.25) is 0 Å². The summed E-state index contributed by atoms with van der Waals surface area (Å²) in [4.78, 5) is 29.2. The van der Waals surface area contributed by atoms with Gasteiger partial charge in [-0.2, -0.15) is 0 Å². The molecule has 2 heterocycles. The van der Waals surface area contributed by atoms with Crippen LogP contribution in [-0.4, -0.2) is 24.3 Å². The van der Waals surface area contributed by atoms with Gasteiger partial charge in [-0.15, -0.1) is 0 Å². The summed E-state index contributed by atoms with van der Waals surface area (Å²) < 4.78 is 12.5. The van der Waals surface area contributed by atoms with Gasteiger partial charge < -0.3 is 20.1 Å². The molecule has 3 amide bonds. The number of benzene rings is 3. The van der Waals surface area contributed by atoms with E-state index in [0.717, 1.165) is 27.9 Å². The molecule has 36 heavy (non-hydrogen) atoms. The van der Waals surface area contributed by atoms with Crippen LogP contribution < -0.4 is 25.0 Å². The summed E-state index contributed by atoms with van der Waals surface area (Å²) in [6.45, 7) is 10.1. The van der Waals surface area contributed by atoms with Crippen LogP contribution in [0.3, 0.4) is 0 Å². The van der Waals surface area contributed by atoms with Crippen LogP contribution in [0.25, 0.3) is 0 Å². The maximum Gasteiger partial charge on any atom is 0.325 e. The van der Waals surface area contributed by atoms with Gasteiger partial charge in [-0.05, 0) is 63.9 Å². The molecule has 0 spiro atoms. The maximum atomic E-state index is 14.0. The highest BCUT2D eigenvalue weighted by Gasteiger charge is 2.61. The van der Waals surface area contributed by atoms with E-state index in [4.69, 9.17) is 9.47 Å². The number of nitrogens with one attached hydrogen (secondary N) is 2. The molecule has 1 fully saturated rings. The van der Waals surface area contributed by atoms with Gasteiger partial charge in [-0.3, -0.25) is 9.69 Å². The Bertz CT molecular complexity index is 1350. The van der Waals surface area contributed by atoms with Gasteiger partial charge in [0.2, 0.25) is 11.6 Å². The lowest BCUT2D eigenvalue weighted by Crippen LogP contribution is -2.72. The average molecular weight is 486 g/mol. The van der Waals surface area contributed by atoms with Gasteiger partial charge in [0.15, 0.2) is 11.5 Å². The number of anilines is 2. The predicted molar refractivity (Wildman–Crippen MR) is 140 cm³/mol. The molecule has 0 aromatic heterocycles. The van der Waals surface area contributed by atoms with Gasteiger partial charge in [0.25, 0.3) is 0 Å². The van der Waals surface area contributed by atoms with Crippen molar-refractivity contribution in [1.82, 2.24) is 5.32 Å². The van der Waals surface area contributed by atoms with E-state index in [1.165, 1.54) is 0 Å². The van der Waals surface area contributed by atoms with E-state index in [1.807, 2.05) is 95.3 Å². The van der Waals surface area contributed by atoms with Crippen LogP contribution in [-0.2, 0) is 4.79 Å². The quantitative estimate of drug-likeness (QED) is 0.490. The zero-order chi connectivity index (χ0) is 25.6. The van der Waals surface area contributed by atoms with E-state index in [1.54, 1.807) is 4.90 Å². The van der Waals surface area contributed by atoms with Crippen LogP contribution in [0, 0.1) is 26.7 Å². The largest absolute Gasteiger partial charge is 0.490 e. The highest BCUT2D eigenvalue weighted by molar-refractivity contribution is 6.02. The standard InChI is InChI=1S/C29H31N3O4/c1-6-35-23-13-9-11-20-25-24(27(33)30-21-15-14-17(2)16-19(21)4)29(5,36-26(20)23)32(28(34)31-25)22-12-8-7-10-18(22)3/h7-16,24-25H,6H2,1-5H3,(H,30,33)(H,31,34)/t24-,25-,29-/m0/s1. The van der Waals surface area contributed by atoms with Crippen molar-refractivity contribution in [2.75, 3.05) is 16.8 Å². The van der Waals surface area contributed by atoms with E-state index in [-0.39, 0.29) is 11.9 Å². The zero-order valence-corrected chi connectivity index (χ0v) is 21.2. The smallest absolute Gasteiger partial charge is 0.325 e. The van der Waals surface area contributed by atoms with Crippen LogP contribution in [0.5, 0.6) is 11.5 Å². The highest BCUT2D eigenvalue weighted by Crippen LogP contribution is 2.52. The molecule has 7 nitrogen and oxygen atoms in total. The molecule has 3 aromatic rings. The number of para-hydroxylation sites is 2. The van der Waals surface area contributed by atoms with Crippen molar-refractivity contribution in [1.29, 1.82) is 0 Å². The number of nitrogens with zero attached hydrogens (tertiary/aromatic N) is 1. The molecule has 7 heteroatoms. The number of carbonyl (C=O) groups excluding carboxylic acids is 2. The summed E-state index contributed by atoms with van der Waals surface area (Å²) in [5.41, 5.74) is 3.79. The van der Waals surface area contributed by atoms with Gasteiger partial charge in [0.05, 0.1) is 18.3 Å². The van der Waals surface area contributed by atoms with E-state index in [9.17, 15) is 9.59 Å².